The standard InChI is InChI=1S/C8H3BrF3N3/c9-6-2-1-4-5(14-6)3-13-7(15-4)8(10,11)12/h1-3H. The van der Waals surface area contributed by atoms with Gasteiger partial charge in [0.15, 0.2) is 0 Å². The Kier molecular flexibility index (Phi) is 2.34. The SMILES string of the molecule is FC(F)(F)c1ncc2nc(Br)ccc2n1. The molecule has 15 heavy (non-hydrogen) atoms. The first-order chi connectivity index (χ1) is 6.97. The van der Waals surface area contributed by atoms with Crippen LogP contribution in [-0.4, -0.2) is 15.0 Å². The molecule has 0 atom stereocenters. The molecule has 2 rings (SSSR count). The molecule has 0 saturated carbocycles. The van der Waals surface area contributed by atoms with Crippen LogP contribution in [0.25, 0.3) is 11.0 Å². The lowest BCUT2D eigenvalue weighted by Crippen LogP contribution is -2.10. The predicted octanol–water partition coefficient (Wildman–Crippen LogP) is 2.81. The molecule has 0 aliphatic rings. The average Bonchev–Trinajstić information content (AvgIpc) is 2.15. The van der Waals surface area contributed by atoms with Crippen LogP contribution in [0.2, 0.25) is 0 Å². The summed E-state index contributed by atoms with van der Waals surface area (Å²) in [6.07, 6.45) is -3.48. The monoisotopic (exact) mass is 277 g/mol. The van der Waals surface area contributed by atoms with Crippen molar-refractivity contribution in [1.29, 1.82) is 0 Å². The van der Waals surface area contributed by atoms with Crippen molar-refractivity contribution in [1.82, 2.24) is 15.0 Å². The Morgan fingerprint density at radius 2 is 1.80 bits per heavy atom. The number of alkyl halides is 3. The summed E-state index contributed by atoms with van der Waals surface area (Å²) in [4.78, 5) is 10.5. The first-order valence-electron chi connectivity index (χ1n) is 3.83. The van der Waals surface area contributed by atoms with Crippen LogP contribution < -0.4 is 0 Å². The molecule has 7 heteroatoms. The van der Waals surface area contributed by atoms with Crippen molar-refractivity contribution in [2.24, 2.45) is 0 Å². The highest BCUT2D eigenvalue weighted by molar-refractivity contribution is 9.10. The summed E-state index contributed by atoms with van der Waals surface area (Å²) in [5.41, 5.74) is 0.484. The van der Waals surface area contributed by atoms with Crippen molar-refractivity contribution in [3.63, 3.8) is 0 Å². The van der Waals surface area contributed by atoms with E-state index >= 15 is 0 Å². The average molecular weight is 278 g/mol. The van der Waals surface area contributed by atoms with E-state index in [-0.39, 0.29) is 5.52 Å². The molecule has 2 aromatic heterocycles. The maximum atomic E-state index is 12.2. The van der Waals surface area contributed by atoms with Gasteiger partial charge in [0.2, 0.25) is 5.82 Å². The first-order valence-corrected chi connectivity index (χ1v) is 4.62. The molecule has 0 spiro atoms. The van der Waals surface area contributed by atoms with E-state index in [0.29, 0.717) is 10.1 Å². The van der Waals surface area contributed by atoms with Crippen LogP contribution in [0, 0.1) is 0 Å². The van der Waals surface area contributed by atoms with E-state index in [9.17, 15) is 13.2 Å². The van der Waals surface area contributed by atoms with Gasteiger partial charge in [-0.1, -0.05) is 0 Å². The zero-order valence-corrected chi connectivity index (χ0v) is 8.67. The molecule has 0 radical (unpaired) electrons. The fourth-order valence-electron chi connectivity index (χ4n) is 1.03. The Morgan fingerprint density at radius 3 is 2.47 bits per heavy atom. The van der Waals surface area contributed by atoms with Gasteiger partial charge in [-0.2, -0.15) is 13.2 Å². The summed E-state index contributed by atoms with van der Waals surface area (Å²) in [5, 5.41) is 0. The summed E-state index contributed by atoms with van der Waals surface area (Å²) < 4.78 is 37.2. The van der Waals surface area contributed by atoms with E-state index < -0.39 is 12.0 Å². The van der Waals surface area contributed by atoms with Gasteiger partial charge < -0.3 is 0 Å². The highest BCUT2D eigenvalue weighted by Gasteiger charge is 2.34. The lowest BCUT2D eigenvalue weighted by molar-refractivity contribution is -0.144. The highest BCUT2D eigenvalue weighted by atomic mass is 79.9. The van der Waals surface area contributed by atoms with Crippen molar-refractivity contribution < 1.29 is 13.2 Å². The van der Waals surface area contributed by atoms with Gasteiger partial charge in [-0.25, -0.2) is 15.0 Å². The summed E-state index contributed by atoms with van der Waals surface area (Å²) in [5.74, 6) is -1.15. The van der Waals surface area contributed by atoms with Gasteiger partial charge in [-0.3, -0.25) is 0 Å². The van der Waals surface area contributed by atoms with Crippen molar-refractivity contribution >= 4 is 27.0 Å². The molecule has 0 fully saturated rings. The minimum atomic E-state index is -4.53. The third-order valence-electron chi connectivity index (χ3n) is 1.66. The molecule has 3 nitrogen and oxygen atoms in total. The minimum absolute atomic E-state index is 0.167. The van der Waals surface area contributed by atoms with Crippen LogP contribution in [0.4, 0.5) is 13.2 Å². The molecule has 2 heterocycles. The van der Waals surface area contributed by atoms with E-state index in [1.54, 1.807) is 0 Å². The minimum Gasteiger partial charge on any atom is -0.238 e. The Morgan fingerprint density at radius 1 is 1.07 bits per heavy atom. The fraction of sp³-hybridized carbons (Fsp3) is 0.125. The van der Waals surface area contributed by atoms with Crippen molar-refractivity contribution in [2.75, 3.05) is 0 Å². The molecule has 0 N–H and O–H groups in total. The number of pyridine rings is 1. The molecule has 78 valence electrons. The van der Waals surface area contributed by atoms with Crippen molar-refractivity contribution in [3.8, 4) is 0 Å². The summed E-state index contributed by atoms with van der Waals surface area (Å²) in [7, 11) is 0. The summed E-state index contributed by atoms with van der Waals surface area (Å²) in [6.45, 7) is 0. The molecule has 0 amide bonds. The predicted molar refractivity (Wildman–Crippen MR) is 50.0 cm³/mol. The van der Waals surface area contributed by atoms with Crippen LogP contribution in [0.5, 0.6) is 0 Å². The first kappa shape index (κ1) is 10.3. The summed E-state index contributed by atoms with van der Waals surface area (Å²) in [6, 6.07) is 2.97. The molecule has 0 bridgehead atoms. The second-order valence-corrected chi connectivity index (χ2v) is 3.54. The lowest BCUT2D eigenvalue weighted by Gasteiger charge is -2.04. The van der Waals surface area contributed by atoms with E-state index in [0.717, 1.165) is 6.20 Å². The fourth-order valence-corrected chi connectivity index (χ4v) is 1.36. The third-order valence-corrected chi connectivity index (χ3v) is 2.10. The van der Waals surface area contributed by atoms with Crippen LogP contribution >= 0.6 is 15.9 Å². The Balaban J connectivity index is 2.62. The van der Waals surface area contributed by atoms with Gasteiger partial charge in [0.05, 0.1) is 11.7 Å². The van der Waals surface area contributed by atoms with Gasteiger partial charge >= 0.3 is 6.18 Å². The number of nitrogens with zero attached hydrogens (tertiary/aromatic N) is 3. The third kappa shape index (κ3) is 2.06. The second-order valence-electron chi connectivity index (χ2n) is 2.73. The van der Waals surface area contributed by atoms with E-state index in [1.165, 1.54) is 12.1 Å². The van der Waals surface area contributed by atoms with Crippen LogP contribution in [-0.2, 0) is 6.18 Å². The largest absolute Gasteiger partial charge is 0.451 e. The summed E-state index contributed by atoms with van der Waals surface area (Å²) >= 11 is 3.10. The maximum absolute atomic E-state index is 12.2. The van der Waals surface area contributed by atoms with Gasteiger partial charge in [-0.15, -0.1) is 0 Å². The van der Waals surface area contributed by atoms with Crippen LogP contribution in [0.3, 0.4) is 0 Å². The normalized spacial score (nSPS) is 12.0. The van der Waals surface area contributed by atoms with E-state index in [4.69, 9.17) is 0 Å². The molecular weight excluding hydrogens is 275 g/mol. The van der Waals surface area contributed by atoms with Gasteiger partial charge in [0.1, 0.15) is 10.1 Å². The van der Waals surface area contributed by atoms with Gasteiger partial charge in [0, 0.05) is 0 Å². The lowest BCUT2D eigenvalue weighted by atomic mass is 10.3. The molecular formula is C8H3BrF3N3. The Bertz CT molecular complexity index is 512. The van der Waals surface area contributed by atoms with E-state index in [2.05, 4.69) is 30.9 Å². The number of hydrogen-bond acceptors (Lipinski definition) is 3. The van der Waals surface area contributed by atoms with Crippen molar-refractivity contribution in [2.45, 2.75) is 6.18 Å². The molecule has 0 unspecified atom stereocenters. The number of halogens is 4. The molecule has 0 aliphatic heterocycles. The smallest absolute Gasteiger partial charge is 0.238 e. The Hall–Kier alpha value is -1.24. The molecule has 0 saturated heterocycles. The Labute approximate surface area is 90.5 Å². The quantitative estimate of drug-likeness (QED) is 0.695. The van der Waals surface area contributed by atoms with Crippen LogP contribution in [0.15, 0.2) is 22.9 Å². The number of fused-ring (bicyclic) bond motifs is 1. The van der Waals surface area contributed by atoms with Gasteiger partial charge in [0.25, 0.3) is 0 Å². The molecule has 0 aromatic carbocycles. The molecule has 0 aliphatic carbocycles. The molecule has 2 aromatic rings. The number of hydrogen-bond donors (Lipinski definition) is 0. The zero-order valence-electron chi connectivity index (χ0n) is 7.09. The second kappa shape index (κ2) is 3.41. The van der Waals surface area contributed by atoms with Gasteiger partial charge in [-0.05, 0) is 28.1 Å². The maximum Gasteiger partial charge on any atom is 0.451 e. The highest BCUT2D eigenvalue weighted by Crippen LogP contribution is 2.26. The number of aromatic nitrogens is 3. The van der Waals surface area contributed by atoms with E-state index in [1.807, 2.05) is 0 Å². The van der Waals surface area contributed by atoms with Crippen molar-refractivity contribution in [3.05, 3.63) is 28.8 Å². The van der Waals surface area contributed by atoms with Crippen LogP contribution in [0.1, 0.15) is 5.82 Å². The topological polar surface area (TPSA) is 38.7 Å². The zero-order chi connectivity index (χ0) is 11.1. The number of rotatable bonds is 0.